The Hall–Kier alpha value is -1.55. The lowest BCUT2D eigenvalue weighted by Gasteiger charge is -2.16. The van der Waals surface area contributed by atoms with E-state index in [-0.39, 0.29) is 5.82 Å². The van der Waals surface area contributed by atoms with Gasteiger partial charge in [-0.05, 0) is 39.5 Å². The van der Waals surface area contributed by atoms with Gasteiger partial charge < -0.3 is 11.1 Å². The van der Waals surface area contributed by atoms with Crippen molar-refractivity contribution in [1.29, 1.82) is 0 Å². The molecule has 0 aromatic heterocycles. The molecule has 0 aliphatic carbocycles. The zero-order chi connectivity index (χ0) is 14.0. The van der Waals surface area contributed by atoms with Crippen molar-refractivity contribution in [1.82, 2.24) is 0 Å². The predicted molar refractivity (Wildman–Crippen MR) is 82.3 cm³/mol. The van der Waals surface area contributed by atoms with E-state index in [1.54, 1.807) is 6.07 Å². The lowest BCUT2D eigenvalue weighted by atomic mass is 10.0. The molecule has 2 rings (SSSR count). The summed E-state index contributed by atoms with van der Waals surface area (Å²) in [5.74, 6) is 0.0453. The summed E-state index contributed by atoms with van der Waals surface area (Å²) in [4.78, 5) is 0. The standard InChI is InChI=1S/C15H16BrFN2/c1-9(2)10-5-3-4-6-14(10)19-15-8-12(17)11(16)7-13(15)18/h3-9,19H,18H2,1-2H3. The van der Waals surface area contributed by atoms with Gasteiger partial charge >= 0.3 is 0 Å². The SMILES string of the molecule is CC(C)c1ccccc1Nc1cc(F)c(Br)cc1N. The Kier molecular flexibility index (Phi) is 4.10. The van der Waals surface area contributed by atoms with Gasteiger partial charge in [0.05, 0.1) is 15.8 Å². The number of hydrogen-bond donors (Lipinski definition) is 2. The zero-order valence-corrected chi connectivity index (χ0v) is 12.5. The second-order valence-electron chi connectivity index (χ2n) is 4.72. The fraction of sp³-hybridized carbons (Fsp3) is 0.200. The molecule has 0 saturated heterocycles. The third kappa shape index (κ3) is 3.07. The Bertz CT molecular complexity index is 597. The van der Waals surface area contributed by atoms with Crippen molar-refractivity contribution in [3.05, 3.63) is 52.3 Å². The van der Waals surface area contributed by atoms with E-state index >= 15 is 0 Å². The zero-order valence-electron chi connectivity index (χ0n) is 10.9. The minimum atomic E-state index is -0.335. The van der Waals surface area contributed by atoms with Crippen LogP contribution >= 0.6 is 15.9 Å². The molecule has 0 spiro atoms. The maximum Gasteiger partial charge on any atom is 0.139 e. The Labute approximate surface area is 121 Å². The number of nitrogen functional groups attached to an aromatic ring is 1. The predicted octanol–water partition coefficient (Wildman–Crippen LogP) is 5.04. The molecule has 100 valence electrons. The molecule has 0 atom stereocenters. The van der Waals surface area contributed by atoms with Crippen LogP contribution in [0.15, 0.2) is 40.9 Å². The van der Waals surface area contributed by atoms with Crippen molar-refractivity contribution in [2.45, 2.75) is 19.8 Å². The van der Waals surface area contributed by atoms with Crippen molar-refractivity contribution in [3.8, 4) is 0 Å². The van der Waals surface area contributed by atoms with Crippen LogP contribution in [0.3, 0.4) is 0 Å². The van der Waals surface area contributed by atoms with Gasteiger partial charge in [0.25, 0.3) is 0 Å². The lowest BCUT2D eigenvalue weighted by Crippen LogP contribution is -2.01. The first-order valence-electron chi connectivity index (χ1n) is 6.09. The fourth-order valence-electron chi connectivity index (χ4n) is 1.93. The molecule has 0 heterocycles. The highest BCUT2D eigenvalue weighted by molar-refractivity contribution is 9.10. The topological polar surface area (TPSA) is 38.0 Å². The van der Waals surface area contributed by atoms with Crippen LogP contribution in [0.5, 0.6) is 0 Å². The third-order valence-corrected chi connectivity index (χ3v) is 3.55. The summed E-state index contributed by atoms with van der Waals surface area (Å²) < 4.78 is 13.9. The minimum Gasteiger partial charge on any atom is -0.397 e. The summed E-state index contributed by atoms with van der Waals surface area (Å²) in [6.07, 6.45) is 0. The normalized spacial score (nSPS) is 10.8. The second kappa shape index (κ2) is 5.61. The van der Waals surface area contributed by atoms with Gasteiger partial charge in [0, 0.05) is 11.8 Å². The Balaban J connectivity index is 2.39. The van der Waals surface area contributed by atoms with Gasteiger partial charge in [-0.3, -0.25) is 0 Å². The second-order valence-corrected chi connectivity index (χ2v) is 5.57. The Morgan fingerprint density at radius 2 is 1.84 bits per heavy atom. The van der Waals surface area contributed by atoms with Crippen LogP contribution in [0.1, 0.15) is 25.3 Å². The Morgan fingerprint density at radius 3 is 2.53 bits per heavy atom. The number of nitrogens with two attached hydrogens (primary N) is 1. The van der Waals surface area contributed by atoms with Crippen molar-refractivity contribution in [2.75, 3.05) is 11.1 Å². The summed E-state index contributed by atoms with van der Waals surface area (Å²) >= 11 is 3.12. The summed E-state index contributed by atoms with van der Waals surface area (Å²) in [6, 6.07) is 10.9. The fourth-order valence-corrected chi connectivity index (χ4v) is 2.29. The summed E-state index contributed by atoms with van der Waals surface area (Å²) in [5, 5.41) is 3.20. The monoisotopic (exact) mass is 322 g/mol. The van der Waals surface area contributed by atoms with E-state index in [4.69, 9.17) is 5.73 Å². The molecule has 2 aromatic rings. The molecule has 19 heavy (non-hydrogen) atoms. The van der Waals surface area contributed by atoms with E-state index in [1.807, 2.05) is 18.2 Å². The maximum atomic E-state index is 13.6. The van der Waals surface area contributed by atoms with E-state index in [0.29, 0.717) is 21.8 Å². The van der Waals surface area contributed by atoms with Gasteiger partial charge in [0.2, 0.25) is 0 Å². The van der Waals surface area contributed by atoms with Crippen LogP contribution in [0.2, 0.25) is 0 Å². The van der Waals surface area contributed by atoms with Crippen molar-refractivity contribution < 1.29 is 4.39 Å². The summed E-state index contributed by atoms with van der Waals surface area (Å²) in [5.41, 5.74) is 9.11. The molecule has 0 aliphatic rings. The highest BCUT2D eigenvalue weighted by atomic mass is 79.9. The smallest absolute Gasteiger partial charge is 0.139 e. The van der Waals surface area contributed by atoms with Crippen LogP contribution in [0, 0.1) is 5.82 Å². The van der Waals surface area contributed by atoms with Gasteiger partial charge in [-0.1, -0.05) is 32.0 Å². The molecule has 0 bridgehead atoms. The molecule has 0 amide bonds. The highest BCUT2D eigenvalue weighted by Crippen LogP contribution is 2.32. The number of para-hydroxylation sites is 1. The van der Waals surface area contributed by atoms with Crippen molar-refractivity contribution >= 4 is 33.0 Å². The van der Waals surface area contributed by atoms with E-state index in [0.717, 1.165) is 5.69 Å². The van der Waals surface area contributed by atoms with E-state index < -0.39 is 0 Å². The third-order valence-electron chi connectivity index (χ3n) is 2.94. The molecule has 0 saturated carbocycles. The molecule has 4 heteroatoms. The van der Waals surface area contributed by atoms with Gasteiger partial charge in [-0.15, -0.1) is 0 Å². The first kappa shape index (κ1) is 13.9. The molecular formula is C15H16BrFN2. The van der Waals surface area contributed by atoms with Gasteiger partial charge in [0.1, 0.15) is 5.82 Å². The number of anilines is 3. The minimum absolute atomic E-state index is 0.335. The van der Waals surface area contributed by atoms with Crippen LogP contribution in [-0.2, 0) is 0 Å². The largest absolute Gasteiger partial charge is 0.397 e. The van der Waals surface area contributed by atoms with Gasteiger partial charge in [0.15, 0.2) is 0 Å². The van der Waals surface area contributed by atoms with Crippen LogP contribution in [-0.4, -0.2) is 0 Å². The molecular weight excluding hydrogens is 307 g/mol. The van der Waals surface area contributed by atoms with Gasteiger partial charge in [-0.25, -0.2) is 4.39 Å². The molecule has 0 radical (unpaired) electrons. The summed E-state index contributed by atoms with van der Waals surface area (Å²) in [7, 11) is 0. The van der Waals surface area contributed by atoms with Crippen LogP contribution in [0.4, 0.5) is 21.5 Å². The van der Waals surface area contributed by atoms with Crippen molar-refractivity contribution in [2.24, 2.45) is 0 Å². The van der Waals surface area contributed by atoms with Crippen molar-refractivity contribution in [3.63, 3.8) is 0 Å². The molecule has 0 unspecified atom stereocenters. The molecule has 3 N–H and O–H groups in total. The van der Waals surface area contributed by atoms with E-state index in [2.05, 4.69) is 41.2 Å². The number of rotatable bonds is 3. The van der Waals surface area contributed by atoms with E-state index in [1.165, 1.54) is 11.6 Å². The maximum absolute atomic E-state index is 13.6. The van der Waals surface area contributed by atoms with Crippen LogP contribution < -0.4 is 11.1 Å². The first-order chi connectivity index (χ1) is 8.99. The first-order valence-corrected chi connectivity index (χ1v) is 6.89. The lowest BCUT2D eigenvalue weighted by molar-refractivity contribution is 0.622. The molecule has 0 aliphatic heterocycles. The van der Waals surface area contributed by atoms with E-state index in [9.17, 15) is 4.39 Å². The Morgan fingerprint density at radius 1 is 1.16 bits per heavy atom. The number of hydrogen-bond acceptors (Lipinski definition) is 2. The number of halogens is 2. The van der Waals surface area contributed by atoms with Gasteiger partial charge in [-0.2, -0.15) is 0 Å². The average Bonchev–Trinajstić information content (AvgIpc) is 2.36. The quantitative estimate of drug-likeness (QED) is 0.777. The molecule has 0 fully saturated rings. The van der Waals surface area contributed by atoms with Crippen LogP contribution in [0.25, 0.3) is 0 Å². The number of benzene rings is 2. The molecule has 2 nitrogen and oxygen atoms in total. The highest BCUT2D eigenvalue weighted by Gasteiger charge is 2.10. The average molecular weight is 323 g/mol. The number of nitrogens with one attached hydrogen (secondary N) is 1. The summed E-state index contributed by atoms with van der Waals surface area (Å²) in [6.45, 7) is 4.23. The molecule has 2 aromatic carbocycles.